The van der Waals surface area contributed by atoms with Gasteiger partial charge in [0.05, 0.1) is 11.4 Å². The lowest BCUT2D eigenvalue weighted by atomic mass is 10.1. The molecule has 0 aliphatic heterocycles. The molecule has 0 atom stereocenters. The predicted octanol–water partition coefficient (Wildman–Crippen LogP) is 1.25. The van der Waals surface area contributed by atoms with Crippen molar-refractivity contribution in [3.8, 4) is 0 Å². The van der Waals surface area contributed by atoms with Crippen molar-refractivity contribution in [3.63, 3.8) is 0 Å². The quantitative estimate of drug-likeness (QED) is 0.851. The molecule has 0 spiro atoms. The highest BCUT2D eigenvalue weighted by atomic mass is 79.9. The first-order chi connectivity index (χ1) is 7.34. The third-order valence-electron chi connectivity index (χ3n) is 1.96. The van der Waals surface area contributed by atoms with E-state index in [-0.39, 0.29) is 17.2 Å². The second-order valence-corrected chi connectivity index (χ2v) is 6.33. The van der Waals surface area contributed by atoms with E-state index in [2.05, 4.69) is 21.2 Å². The number of carbonyl (C=O) groups excluding carboxylic acids is 1. The van der Waals surface area contributed by atoms with Crippen molar-refractivity contribution in [1.29, 1.82) is 0 Å². The number of hydrogen-bond acceptors (Lipinski definition) is 4. The lowest BCUT2D eigenvalue weighted by Gasteiger charge is -2.04. The third kappa shape index (κ3) is 3.40. The van der Waals surface area contributed by atoms with Crippen molar-refractivity contribution in [2.24, 2.45) is 0 Å². The molecule has 0 saturated carbocycles. The Morgan fingerprint density at radius 1 is 1.38 bits per heavy atom. The Labute approximate surface area is 103 Å². The summed E-state index contributed by atoms with van der Waals surface area (Å²) in [7, 11) is -1.64. The molecule has 1 aromatic rings. The van der Waals surface area contributed by atoms with Gasteiger partial charge in [0.15, 0.2) is 15.6 Å². The summed E-state index contributed by atoms with van der Waals surface area (Å²) in [4.78, 5) is 11.7. The Hall–Kier alpha value is -0.720. The number of nitrogens with one attached hydrogen (secondary N) is 1. The van der Waals surface area contributed by atoms with E-state index < -0.39 is 9.84 Å². The number of Topliss-reactive ketones (excluding diaryl/α,β-unsaturated/α-hetero) is 1. The van der Waals surface area contributed by atoms with Crippen LogP contribution in [0.2, 0.25) is 0 Å². The van der Waals surface area contributed by atoms with Gasteiger partial charge in [0, 0.05) is 16.3 Å². The molecule has 0 unspecified atom stereocenters. The van der Waals surface area contributed by atoms with E-state index in [1.54, 1.807) is 13.1 Å². The monoisotopic (exact) mass is 305 g/mol. The van der Waals surface area contributed by atoms with E-state index in [9.17, 15) is 13.2 Å². The smallest absolute Gasteiger partial charge is 0.176 e. The topological polar surface area (TPSA) is 63.2 Å². The molecule has 0 aliphatic carbocycles. The van der Waals surface area contributed by atoms with Crippen LogP contribution in [0.1, 0.15) is 10.4 Å². The van der Waals surface area contributed by atoms with Gasteiger partial charge >= 0.3 is 0 Å². The van der Waals surface area contributed by atoms with Gasteiger partial charge in [0.1, 0.15) is 0 Å². The van der Waals surface area contributed by atoms with Gasteiger partial charge in [-0.3, -0.25) is 4.79 Å². The Morgan fingerprint density at radius 2 is 2.00 bits per heavy atom. The van der Waals surface area contributed by atoms with Crippen LogP contribution in [-0.4, -0.2) is 34.0 Å². The lowest BCUT2D eigenvalue weighted by Crippen LogP contribution is -2.18. The molecule has 6 heteroatoms. The van der Waals surface area contributed by atoms with Gasteiger partial charge < -0.3 is 5.32 Å². The van der Waals surface area contributed by atoms with Gasteiger partial charge in [-0.25, -0.2) is 8.42 Å². The predicted molar refractivity (Wildman–Crippen MR) is 65.5 cm³/mol. The molecule has 0 bridgehead atoms. The van der Waals surface area contributed by atoms with Crippen LogP contribution >= 0.6 is 15.9 Å². The highest BCUT2D eigenvalue weighted by molar-refractivity contribution is 9.10. The van der Waals surface area contributed by atoms with E-state index >= 15 is 0 Å². The Kier molecular flexibility index (Phi) is 4.23. The van der Waals surface area contributed by atoms with Crippen molar-refractivity contribution in [2.45, 2.75) is 4.90 Å². The first-order valence-electron chi connectivity index (χ1n) is 4.53. The van der Waals surface area contributed by atoms with Crippen molar-refractivity contribution in [1.82, 2.24) is 5.32 Å². The molecule has 0 heterocycles. The van der Waals surface area contributed by atoms with Crippen molar-refractivity contribution >= 4 is 31.6 Å². The number of hydrogen-bond donors (Lipinski definition) is 1. The SMILES string of the molecule is CNCC(=O)c1cc(Br)cc(S(C)(=O)=O)c1. The van der Waals surface area contributed by atoms with E-state index in [4.69, 9.17) is 0 Å². The Bertz CT molecular complexity index is 511. The van der Waals surface area contributed by atoms with Gasteiger partial charge in [-0.05, 0) is 25.2 Å². The van der Waals surface area contributed by atoms with Crippen molar-refractivity contribution in [3.05, 3.63) is 28.2 Å². The summed E-state index contributed by atoms with van der Waals surface area (Å²) in [5, 5.41) is 2.73. The zero-order valence-electron chi connectivity index (χ0n) is 8.95. The highest BCUT2D eigenvalue weighted by Gasteiger charge is 2.12. The summed E-state index contributed by atoms with van der Waals surface area (Å²) in [6.45, 7) is 0.180. The first-order valence-corrected chi connectivity index (χ1v) is 7.21. The van der Waals surface area contributed by atoms with Crippen LogP contribution in [0.25, 0.3) is 0 Å². The molecule has 0 amide bonds. The van der Waals surface area contributed by atoms with E-state index in [0.717, 1.165) is 6.26 Å². The second-order valence-electron chi connectivity index (χ2n) is 3.40. The minimum Gasteiger partial charge on any atom is -0.313 e. The molecule has 88 valence electrons. The standard InChI is InChI=1S/C10H12BrNO3S/c1-12-6-10(13)7-3-8(11)5-9(4-7)16(2,14)15/h3-5,12H,6H2,1-2H3. The minimum atomic E-state index is -3.30. The lowest BCUT2D eigenvalue weighted by molar-refractivity contribution is 0.0993. The second kappa shape index (κ2) is 5.07. The van der Waals surface area contributed by atoms with Gasteiger partial charge in [0.2, 0.25) is 0 Å². The number of likely N-dealkylation sites (N-methyl/N-ethyl adjacent to an activating group) is 1. The van der Waals surface area contributed by atoms with E-state index in [0.29, 0.717) is 10.0 Å². The van der Waals surface area contributed by atoms with Crippen LogP contribution in [0.15, 0.2) is 27.6 Å². The summed E-state index contributed by atoms with van der Waals surface area (Å²) >= 11 is 3.19. The molecular formula is C10H12BrNO3S. The molecule has 4 nitrogen and oxygen atoms in total. The largest absolute Gasteiger partial charge is 0.313 e. The summed E-state index contributed by atoms with van der Waals surface area (Å²) in [5.41, 5.74) is 0.379. The fraction of sp³-hybridized carbons (Fsp3) is 0.300. The molecule has 1 aromatic carbocycles. The maximum absolute atomic E-state index is 11.6. The van der Waals surface area contributed by atoms with Crippen molar-refractivity contribution in [2.75, 3.05) is 19.8 Å². The molecule has 0 aliphatic rings. The Morgan fingerprint density at radius 3 is 2.50 bits per heavy atom. The van der Waals surface area contributed by atoms with Crippen LogP contribution < -0.4 is 5.32 Å². The van der Waals surface area contributed by atoms with Crippen LogP contribution in [0.3, 0.4) is 0 Å². The zero-order chi connectivity index (χ0) is 12.3. The normalized spacial score (nSPS) is 11.4. The summed E-state index contributed by atoms with van der Waals surface area (Å²) < 4.78 is 23.3. The number of sulfone groups is 1. The van der Waals surface area contributed by atoms with Gasteiger partial charge in [-0.15, -0.1) is 0 Å². The van der Waals surface area contributed by atoms with Gasteiger partial charge in [-0.2, -0.15) is 0 Å². The fourth-order valence-electron chi connectivity index (χ4n) is 1.20. The molecule has 1 N–H and O–H groups in total. The highest BCUT2D eigenvalue weighted by Crippen LogP contribution is 2.19. The van der Waals surface area contributed by atoms with Crippen LogP contribution in [0.5, 0.6) is 0 Å². The molecule has 0 saturated heterocycles. The molecule has 16 heavy (non-hydrogen) atoms. The van der Waals surface area contributed by atoms with E-state index in [1.165, 1.54) is 12.1 Å². The summed E-state index contributed by atoms with van der Waals surface area (Å²) in [6, 6.07) is 4.47. The summed E-state index contributed by atoms with van der Waals surface area (Å²) in [5.74, 6) is -0.145. The molecule has 1 rings (SSSR count). The van der Waals surface area contributed by atoms with Gasteiger partial charge in [0.25, 0.3) is 0 Å². The third-order valence-corrected chi connectivity index (χ3v) is 3.51. The van der Waals surface area contributed by atoms with Gasteiger partial charge in [-0.1, -0.05) is 15.9 Å². The molecule has 0 radical (unpaired) electrons. The fourth-order valence-corrected chi connectivity index (χ4v) is 2.53. The average molecular weight is 306 g/mol. The van der Waals surface area contributed by atoms with Crippen LogP contribution in [-0.2, 0) is 9.84 Å². The molecular weight excluding hydrogens is 294 g/mol. The van der Waals surface area contributed by atoms with Crippen LogP contribution in [0, 0.1) is 0 Å². The molecule has 0 aromatic heterocycles. The minimum absolute atomic E-state index is 0.140. The number of ketones is 1. The maximum atomic E-state index is 11.6. The van der Waals surface area contributed by atoms with E-state index in [1.807, 2.05) is 0 Å². The Balaban J connectivity index is 3.24. The number of benzene rings is 1. The first kappa shape index (κ1) is 13.3. The number of carbonyl (C=O) groups is 1. The molecule has 0 fully saturated rings. The maximum Gasteiger partial charge on any atom is 0.176 e. The zero-order valence-corrected chi connectivity index (χ0v) is 11.4. The van der Waals surface area contributed by atoms with Crippen molar-refractivity contribution < 1.29 is 13.2 Å². The average Bonchev–Trinajstić information content (AvgIpc) is 2.16. The summed E-state index contributed by atoms with van der Waals surface area (Å²) in [6.07, 6.45) is 1.11. The van der Waals surface area contributed by atoms with Crippen LogP contribution in [0.4, 0.5) is 0 Å². The number of rotatable bonds is 4. The number of halogens is 1.